The first kappa shape index (κ1) is 20.5. The van der Waals surface area contributed by atoms with Gasteiger partial charge in [0.15, 0.2) is 5.96 Å². The summed E-state index contributed by atoms with van der Waals surface area (Å²) < 4.78 is 5.62. The van der Waals surface area contributed by atoms with Gasteiger partial charge in [0.1, 0.15) is 5.75 Å². The van der Waals surface area contributed by atoms with E-state index in [1.54, 1.807) is 0 Å². The Kier molecular flexibility index (Phi) is 8.88. The molecule has 0 saturated carbocycles. The molecular formula is C17H27IN4O2. The Morgan fingerprint density at radius 1 is 1.46 bits per heavy atom. The molecule has 0 fully saturated rings. The molecular weight excluding hydrogens is 419 g/mol. The zero-order valence-corrected chi connectivity index (χ0v) is 16.6. The summed E-state index contributed by atoms with van der Waals surface area (Å²) in [7, 11) is 0. The molecule has 0 saturated heterocycles. The highest BCUT2D eigenvalue weighted by Gasteiger charge is 2.21. The van der Waals surface area contributed by atoms with Crippen LogP contribution in [0.2, 0.25) is 0 Å². The molecule has 134 valence electrons. The molecule has 6 nitrogen and oxygen atoms in total. The third-order valence-corrected chi connectivity index (χ3v) is 3.92. The zero-order valence-electron chi connectivity index (χ0n) is 14.2. The number of carbonyl (C=O) groups excluding carboxylic acids is 1. The number of rotatable bonds is 6. The number of guanidine groups is 1. The Labute approximate surface area is 160 Å². The standard InChI is InChI=1S/C17H26N4O2.HI/c1-3-12(2)20-16(22)8-10-19-17(18)21-14-9-11-23-15-7-5-4-6-13(14)15;/h4-7,12,14H,3,8-11H2,1-2H3,(H,20,22)(H3,18,19,21);1H. The summed E-state index contributed by atoms with van der Waals surface area (Å²) >= 11 is 0. The van der Waals surface area contributed by atoms with Crippen molar-refractivity contribution in [2.75, 3.05) is 13.2 Å². The molecule has 0 aliphatic carbocycles. The van der Waals surface area contributed by atoms with Gasteiger partial charge in [-0.2, -0.15) is 0 Å². The summed E-state index contributed by atoms with van der Waals surface area (Å²) in [5.41, 5.74) is 7.03. The number of hydrogen-bond donors (Lipinski definition) is 3. The molecule has 2 atom stereocenters. The highest BCUT2D eigenvalue weighted by Crippen LogP contribution is 2.31. The largest absolute Gasteiger partial charge is 0.493 e. The quantitative estimate of drug-likeness (QED) is 0.356. The third-order valence-electron chi connectivity index (χ3n) is 3.92. The van der Waals surface area contributed by atoms with Crippen LogP contribution >= 0.6 is 24.0 Å². The van der Waals surface area contributed by atoms with Gasteiger partial charge in [-0.05, 0) is 19.4 Å². The van der Waals surface area contributed by atoms with Crippen LogP contribution in [0.1, 0.15) is 44.7 Å². The molecule has 1 aliphatic rings. The van der Waals surface area contributed by atoms with Crippen LogP contribution in [0.4, 0.5) is 0 Å². The molecule has 4 N–H and O–H groups in total. The van der Waals surface area contributed by atoms with Crippen molar-refractivity contribution in [2.45, 2.75) is 45.2 Å². The van der Waals surface area contributed by atoms with E-state index in [0.717, 1.165) is 24.2 Å². The minimum Gasteiger partial charge on any atom is -0.493 e. The molecule has 2 unspecified atom stereocenters. The molecule has 0 spiro atoms. The summed E-state index contributed by atoms with van der Waals surface area (Å²) in [5, 5.41) is 6.13. The number of para-hydroxylation sites is 1. The minimum atomic E-state index is 0. The molecule has 0 radical (unpaired) electrons. The predicted octanol–water partition coefficient (Wildman–Crippen LogP) is 2.34. The number of amides is 1. The second-order valence-corrected chi connectivity index (χ2v) is 5.77. The minimum absolute atomic E-state index is 0. The van der Waals surface area contributed by atoms with E-state index in [-0.39, 0.29) is 42.0 Å². The van der Waals surface area contributed by atoms with E-state index in [1.165, 1.54) is 0 Å². The van der Waals surface area contributed by atoms with E-state index in [4.69, 9.17) is 10.5 Å². The van der Waals surface area contributed by atoms with E-state index in [9.17, 15) is 4.79 Å². The maximum atomic E-state index is 11.7. The molecule has 1 heterocycles. The van der Waals surface area contributed by atoms with Crippen LogP contribution in [0.25, 0.3) is 0 Å². The van der Waals surface area contributed by atoms with Gasteiger partial charge in [-0.1, -0.05) is 25.1 Å². The molecule has 24 heavy (non-hydrogen) atoms. The Bertz CT molecular complexity index is 565. The maximum Gasteiger partial charge on any atom is 0.222 e. The normalized spacial score (nSPS) is 17.8. The maximum absolute atomic E-state index is 11.7. The lowest BCUT2D eigenvalue weighted by atomic mass is 10.0. The molecule has 1 aromatic rings. The number of ether oxygens (including phenoxy) is 1. The van der Waals surface area contributed by atoms with Gasteiger partial charge in [0, 0.05) is 24.4 Å². The number of aliphatic imine (C=N–C) groups is 1. The smallest absolute Gasteiger partial charge is 0.222 e. The lowest BCUT2D eigenvalue weighted by Crippen LogP contribution is -2.37. The van der Waals surface area contributed by atoms with Crippen LogP contribution < -0.4 is 21.1 Å². The van der Waals surface area contributed by atoms with Gasteiger partial charge >= 0.3 is 0 Å². The zero-order chi connectivity index (χ0) is 16.7. The van der Waals surface area contributed by atoms with Crippen molar-refractivity contribution in [1.29, 1.82) is 0 Å². The number of hydrogen-bond acceptors (Lipinski definition) is 3. The number of nitrogens with two attached hydrogens (primary N) is 1. The lowest BCUT2D eigenvalue weighted by Gasteiger charge is -2.26. The topological polar surface area (TPSA) is 88.7 Å². The fourth-order valence-corrected chi connectivity index (χ4v) is 2.44. The van der Waals surface area contributed by atoms with Crippen molar-refractivity contribution in [3.8, 4) is 5.75 Å². The van der Waals surface area contributed by atoms with E-state index in [1.807, 2.05) is 38.1 Å². The summed E-state index contributed by atoms with van der Waals surface area (Å²) in [6.07, 6.45) is 2.10. The van der Waals surface area contributed by atoms with E-state index < -0.39 is 0 Å². The van der Waals surface area contributed by atoms with Crippen LogP contribution in [0, 0.1) is 0 Å². The number of fused-ring (bicyclic) bond motifs is 1. The summed E-state index contributed by atoms with van der Waals surface area (Å²) in [6.45, 7) is 5.06. The van der Waals surface area contributed by atoms with Crippen molar-refractivity contribution in [1.82, 2.24) is 10.6 Å². The van der Waals surface area contributed by atoms with E-state index in [2.05, 4.69) is 15.6 Å². The van der Waals surface area contributed by atoms with Gasteiger partial charge in [0.05, 0.1) is 19.2 Å². The first-order valence-electron chi connectivity index (χ1n) is 8.17. The third kappa shape index (κ3) is 6.18. The molecule has 0 bridgehead atoms. The summed E-state index contributed by atoms with van der Waals surface area (Å²) in [5.74, 6) is 1.26. The number of nitrogens with one attached hydrogen (secondary N) is 2. The first-order valence-corrected chi connectivity index (χ1v) is 8.17. The van der Waals surface area contributed by atoms with Crippen LogP contribution in [0.5, 0.6) is 5.75 Å². The summed E-state index contributed by atoms with van der Waals surface area (Å²) in [6, 6.07) is 8.20. The number of halogens is 1. The van der Waals surface area contributed by atoms with Crippen LogP contribution in [-0.4, -0.2) is 31.1 Å². The second-order valence-electron chi connectivity index (χ2n) is 5.77. The molecule has 2 rings (SSSR count). The fraction of sp³-hybridized carbons (Fsp3) is 0.529. The molecule has 1 aliphatic heterocycles. The summed E-state index contributed by atoms with van der Waals surface area (Å²) in [4.78, 5) is 15.9. The molecule has 7 heteroatoms. The Morgan fingerprint density at radius 3 is 2.96 bits per heavy atom. The average Bonchev–Trinajstić information content (AvgIpc) is 2.55. The van der Waals surface area contributed by atoms with Crippen LogP contribution in [-0.2, 0) is 4.79 Å². The highest BCUT2D eigenvalue weighted by atomic mass is 127. The Morgan fingerprint density at radius 2 is 2.21 bits per heavy atom. The number of benzene rings is 1. The van der Waals surface area contributed by atoms with Crippen molar-refractivity contribution in [3.63, 3.8) is 0 Å². The Hall–Kier alpha value is -1.51. The highest BCUT2D eigenvalue weighted by molar-refractivity contribution is 14.0. The molecule has 1 aromatic carbocycles. The first-order chi connectivity index (χ1) is 11.1. The number of nitrogens with zero attached hydrogens (tertiary/aromatic N) is 1. The van der Waals surface area contributed by atoms with Gasteiger partial charge in [-0.3, -0.25) is 9.79 Å². The SMILES string of the molecule is CCC(C)NC(=O)CCN=C(N)NC1CCOc2ccccc21.I. The van der Waals surface area contributed by atoms with E-state index in [0.29, 0.717) is 25.5 Å². The van der Waals surface area contributed by atoms with Crippen molar-refractivity contribution >= 4 is 35.8 Å². The molecule has 0 aromatic heterocycles. The fourth-order valence-electron chi connectivity index (χ4n) is 2.44. The van der Waals surface area contributed by atoms with Crippen molar-refractivity contribution in [2.24, 2.45) is 10.7 Å². The average molecular weight is 446 g/mol. The van der Waals surface area contributed by atoms with Crippen molar-refractivity contribution < 1.29 is 9.53 Å². The van der Waals surface area contributed by atoms with Gasteiger partial charge in [0.2, 0.25) is 5.91 Å². The van der Waals surface area contributed by atoms with Gasteiger partial charge in [0.25, 0.3) is 0 Å². The Balaban J connectivity index is 0.00000288. The lowest BCUT2D eigenvalue weighted by molar-refractivity contribution is -0.121. The van der Waals surface area contributed by atoms with Gasteiger partial charge in [-0.25, -0.2) is 0 Å². The second kappa shape index (κ2) is 10.4. The van der Waals surface area contributed by atoms with Crippen LogP contribution in [0.3, 0.4) is 0 Å². The number of carbonyl (C=O) groups is 1. The van der Waals surface area contributed by atoms with E-state index >= 15 is 0 Å². The van der Waals surface area contributed by atoms with Crippen molar-refractivity contribution in [3.05, 3.63) is 29.8 Å². The van der Waals surface area contributed by atoms with Gasteiger partial charge in [-0.15, -0.1) is 24.0 Å². The predicted molar refractivity (Wildman–Crippen MR) is 107 cm³/mol. The van der Waals surface area contributed by atoms with Crippen LogP contribution in [0.15, 0.2) is 29.3 Å². The monoisotopic (exact) mass is 446 g/mol. The van der Waals surface area contributed by atoms with Gasteiger partial charge < -0.3 is 21.1 Å². The molecule has 1 amide bonds.